The maximum Gasteiger partial charge on any atom is 0.185 e. The molecule has 2 rings (SSSR count). The van der Waals surface area contributed by atoms with Crippen molar-refractivity contribution < 1.29 is 8.42 Å². The van der Waals surface area contributed by atoms with Gasteiger partial charge in [-0.1, -0.05) is 0 Å². The summed E-state index contributed by atoms with van der Waals surface area (Å²) in [6, 6.07) is 0. The molecule has 0 amide bonds. The average molecular weight is 232 g/mol. The monoisotopic (exact) mass is 232 g/mol. The van der Waals surface area contributed by atoms with Crippen LogP contribution in [0.25, 0.3) is 0 Å². The first-order valence-corrected chi connectivity index (χ1v) is 7.14. The minimum atomic E-state index is -2.78. The highest BCUT2D eigenvalue weighted by Crippen LogP contribution is 2.21. The summed E-state index contributed by atoms with van der Waals surface area (Å²) in [6.45, 7) is 3.10. The fourth-order valence-corrected chi connectivity index (χ4v) is 3.45. The Bertz CT molecular complexity index is 410. The summed E-state index contributed by atoms with van der Waals surface area (Å²) >= 11 is 1.58. The van der Waals surface area contributed by atoms with Gasteiger partial charge in [-0.25, -0.2) is 13.4 Å². The van der Waals surface area contributed by atoms with E-state index in [1.165, 1.54) is 0 Å². The van der Waals surface area contributed by atoms with Crippen molar-refractivity contribution in [3.63, 3.8) is 0 Å². The minimum Gasteiger partial charge on any atom is -0.346 e. The van der Waals surface area contributed by atoms with Crippen molar-refractivity contribution in [1.82, 2.24) is 4.98 Å². The van der Waals surface area contributed by atoms with E-state index in [9.17, 15) is 8.42 Å². The normalized spacial score (nSPS) is 21.1. The standard InChI is InChI=1S/C8H12N2O2S2/c1-7-6-13-8(9-7)10-2-4-14(11,12)5-3-10/h6H,2-5H2,1H3. The lowest BCUT2D eigenvalue weighted by Crippen LogP contribution is -2.40. The lowest BCUT2D eigenvalue weighted by Gasteiger charge is -2.25. The second-order valence-corrected chi connectivity index (χ2v) is 6.55. The molecule has 0 atom stereocenters. The molecule has 2 heterocycles. The summed E-state index contributed by atoms with van der Waals surface area (Å²) < 4.78 is 22.4. The highest BCUT2D eigenvalue weighted by atomic mass is 32.2. The molecule has 0 aromatic carbocycles. The minimum absolute atomic E-state index is 0.256. The second-order valence-electron chi connectivity index (χ2n) is 3.41. The van der Waals surface area contributed by atoms with Gasteiger partial charge in [0.15, 0.2) is 15.0 Å². The van der Waals surface area contributed by atoms with E-state index in [4.69, 9.17) is 0 Å². The highest BCUT2D eigenvalue weighted by Gasteiger charge is 2.22. The van der Waals surface area contributed by atoms with Gasteiger partial charge in [0.05, 0.1) is 17.2 Å². The van der Waals surface area contributed by atoms with Crippen LogP contribution in [0.4, 0.5) is 5.13 Å². The van der Waals surface area contributed by atoms with Gasteiger partial charge in [0.1, 0.15) is 0 Å². The summed E-state index contributed by atoms with van der Waals surface area (Å²) in [5, 5.41) is 2.93. The summed E-state index contributed by atoms with van der Waals surface area (Å²) in [6.07, 6.45) is 0. The van der Waals surface area contributed by atoms with Crippen LogP contribution < -0.4 is 4.90 Å². The van der Waals surface area contributed by atoms with Gasteiger partial charge in [0, 0.05) is 18.5 Å². The number of thiazole rings is 1. The molecule has 1 aliphatic rings. The molecule has 0 aliphatic carbocycles. The molecule has 4 nitrogen and oxygen atoms in total. The van der Waals surface area contributed by atoms with Gasteiger partial charge in [0.25, 0.3) is 0 Å². The summed E-state index contributed by atoms with van der Waals surface area (Å²) in [4.78, 5) is 6.37. The number of hydrogen-bond acceptors (Lipinski definition) is 5. The van der Waals surface area contributed by atoms with E-state index >= 15 is 0 Å². The van der Waals surface area contributed by atoms with E-state index < -0.39 is 9.84 Å². The molecule has 0 bridgehead atoms. The Morgan fingerprint density at radius 3 is 2.57 bits per heavy atom. The zero-order valence-corrected chi connectivity index (χ0v) is 9.57. The van der Waals surface area contributed by atoms with Crippen molar-refractivity contribution in [2.45, 2.75) is 6.92 Å². The van der Waals surface area contributed by atoms with Crippen molar-refractivity contribution in [1.29, 1.82) is 0 Å². The Morgan fingerprint density at radius 1 is 1.43 bits per heavy atom. The molecule has 1 saturated heterocycles. The molecule has 6 heteroatoms. The zero-order chi connectivity index (χ0) is 10.2. The molecule has 1 aliphatic heterocycles. The van der Waals surface area contributed by atoms with E-state index in [0.29, 0.717) is 13.1 Å². The van der Waals surface area contributed by atoms with E-state index in [1.54, 1.807) is 11.3 Å². The van der Waals surface area contributed by atoms with Gasteiger partial charge < -0.3 is 4.90 Å². The number of rotatable bonds is 1. The second kappa shape index (κ2) is 3.51. The van der Waals surface area contributed by atoms with Crippen LogP contribution in [0.15, 0.2) is 5.38 Å². The van der Waals surface area contributed by atoms with Gasteiger partial charge in [-0.05, 0) is 6.92 Å². The van der Waals surface area contributed by atoms with Crippen molar-refractivity contribution in [3.05, 3.63) is 11.1 Å². The molecule has 0 saturated carbocycles. The fraction of sp³-hybridized carbons (Fsp3) is 0.625. The van der Waals surface area contributed by atoms with Crippen LogP contribution in [0.1, 0.15) is 5.69 Å². The first-order valence-electron chi connectivity index (χ1n) is 4.44. The SMILES string of the molecule is Cc1csc(N2CCS(=O)(=O)CC2)n1. The molecule has 1 fully saturated rings. The quantitative estimate of drug-likeness (QED) is 0.714. The molecular weight excluding hydrogens is 220 g/mol. The van der Waals surface area contributed by atoms with Crippen LogP contribution in [0, 0.1) is 6.92 Å². The van der Waals surface area contributed by atoms with Crippen LogP contribution in [-0.4, -0.2) is 38.0 Å². The topological polar surface area (TPSA) is 50.3 Å². The summed E-state index contributed by atoms with van der Waals surface area (Å²) in [5.74, 6) is 0.511. The highest BCUT2D eigenvalue weighted by molar-refractivity contribution is 7.91. The maximum atomic E-state index is 11.2. The molecule has 0 radical (unpaired) electrons. The molecule has 1 aromatic heterocycles. The first kappa shape index (κ1) is 9.92. The summed E-state index contributed by atoms with van der Waals surface area (Å²) in [7, 11) is -2.78. The Balaban J connectivity index is 2.09. The van der Waals surface area contributed by atoms with Gasteiger partial charge in [-0.15, -0.1) is 11.3 Å². The fourth-order valence-electron chi connectivity index (χ4n) is 1.39. The smallest absolute Gasteiger partial charge is 0.185 e. The van der Waals surface area contributed by atoms with E-state index in [2.05, 4.69) is 4.98 Å². The number of sulfone groups is 1. The lowest BCUT2D eigenvalue weighted by atomic mass is 10.5. The third-order valence-corrected chi connectivity index (χ3v) is 4.85. The third kappa shape index (κ3) is 2.06. The van der Waals surface area contributed by atoms with Crippen molar-refractivity contribution in [2.24, 2.45) is 0 Å². The molecule has 0 N–H and O–H groups in total. The number of anilines is 1. The molecule has 78 valence electrons. The van der Waals surface area contributed by atoms with E-state index in [0.717, 1.165) is 10.8 Å². The lowest BCUT2D eigenvalue weighted by molar-refractivity contribution is 0.586. The van der Waals surface area contributed by atoms with Crippen LogP contribution in [0.3, 0.4) is 0 Å². The van der Waals surface area contributed by atoms with Gasteiger partial charge in [0.2, 0.25) is 0 Å². The van der Waals surface area contributed by atoms with Crippen LogP contribution in [0.5, 0.6) is 0 Å². The Hall–Kier alpha value is -0.620. The molecule has 0 spiro atoms. The molecule has 14 heavy (non-hydrogen) atoms. The summed E-state index contributed by atoms with van der Waals surface area (Å²) in [5.41, 5.74) is 0.999. The molecule has 1 aromatic rings. The van der Waals surface area contributed by atoms with Crippen molar-refractivity contribution in [3.8, 4) is 0 Å². The van der Waals surface area contributed by atoms with Crippen LogP contribution in [-0.2, 0) is 9.84 Å². The maximum absolute atomic E-state index is 11.2. The van der Waals surface area contributed by atoms with E-state index in [-0.39, 0.29) is 11.5 Å². The molecular formula is C8H12N2O2S2. The zero-order valence-electron chi connectivity index (χ0n) is 7.93. The number of hydrogen-bond donors (Lipinski definition) is 0. The number of aromatic nitrogens is 1. The molecule has 0 unspecified atom stereocenters. The number of aryl methyl sites for hydroxylation is 1. The van der Waals surface area contributed by atoms with Crippen molar-refractivity contribution >= 4 is 26.3 Å². The Kier molecular flexibility index (Phi) is 2.48. The largest absolute Gasteiger partial charge is 0.346 e. The van der Waals surface area contributed by atoms with Gasteiger partial charge >= 0.3 is 0 Å². The van der Waals surface area contributed by atoms with Gasteiger partial charge in [-0.2, -0.15) is 0 Å². The van der Waals surface area contributed by atoms with Crippen LogP contribution in [0.2, 0.25) is 0 Å². The number of nitrogens with zero attached hydrogens (tertiary/aromatic N) is 2. The predicted octanol–water partition coefficient (Wildman–Crippen LogP) is 0.686. The Labute approximate surface area is 87.5 Å². The van der Waals surface area contributed by atoms with Gasteiger partial charge in [-0.3, -0.25) is 0 Å². The first-order chi connectivity index (χ1) is 6.57. The van der Waals surface area contributed by atoms with Crippen LogP contribution >= 0.6 is 11.3 Å². The predicted molar refractivity (Wildman–Crippen MR) is 57.7 cm³/mol. The van der Waals surface area contributed by atoms with E-state index in [1.807, 2.05) is 17.2 Å². The Morgan fingerprint density at radius 2 is 2.07 bits per heavy atom. The third-order valence-electron chi connectivity index (χ3n) is 2.22. The average Bonchev–Trinajstić information content (AvgIpc) is 2.52. The van der Waals surface area contributed by atoms with Crippen molar-refractivity contribution in [2.75, 3.05) is 29.5 Å².